The van der Waals surface area contributed by atoms with Gasteiger partial charge in [0.15, 0.2) is 0 Å². The molecular formula is C23H24N4O3S. The molecule has 1 aliphatic heterocycles. The third-order valence-electron chi connectivity index (χ3n) is 4.93. The van der Waals surface area contributed by atoms with Crippen LogP contribution in [0, 0.1) is 0 Å². The number of aromatic nitrogens is 3. The smallest absolute Gasteiger partial charge is 0.338 e. The summed E-state index contributed by atoms with van der Waals surface area (Å²) in [4.78, 5) is 17.3. The Bertz CT molecular complexity index is 1110. The first-order valence-corrected chi connectivity index (χ1v) is 11.0. The van der Waals surface area contributed by atoms with Gasteiger partial charge in [-0.3, -0.25) is 0 Å². The molecule has 1 N–H and O–H groups in total. The van der Waals surface area contributed by atoms with Crippen LogP contribution < -0.4 is 10.1 Å². The Balaban J connectivity index is 1.70. The fourth-order valence-electron chi connectivity index (χ4n) is 3.52. The predicted molar refractivity (Wildman–Crippen MR) is 120 cm³/mol. The molecule has 0 spiro atoms. The zero-order valence-electron chi connectivity index (χ0n) is 17.7. The molecule has 0 amide bonds. The number of hydrogen-bond acceptors (Lipinski definition) is 7. The topological polar surface area (TPSA) is 78.3 Å². The second kappa shape index (κ2) is 9.26. The number of hydrogen-bond donors (Lipinski definition) is 1. The fourth-order valence-corrected chi connectivity index (χ4v) is 4.07. The Morgan fingerprint density at radius 1 is 1.19 bits per heavy atom. The number of allylic oxidation sites excluding steroid dienone is 1. The Kier molecular flexibility index (Phi) is 6.27. The highest BCUT2D eigenvalue weighted by Gasteiger charge is 2.35. The van der Waals surface area contributed by atoms with Gasteiger partial charge in [0.25, 0.3) is 0 Å². The van der Waals surface area contributed by atoms with Gasteiger partial charge in [-0.05, 0) is 35.9 Å². The molecule has 0 saturated heterocycles. The maximum absolute atomic E-state index is 12.7. The zero-order valence-corrected chi connectivity index (χ0v) is 18.5. The van der Waals surface area contributed by atoms with E-state index in [9.17, 15) is 4.79 Å². The summed E-state index contributed by atoms with van der Waals surface area (Å²) in [7, 11) is 1.38. The number of nitrogens with one attached hydrogen (secondary N) is 1. The number of methoxy groups -OCH3 is 1. The monoisotopic (exact) mass is 436 g/mol. The molecule has 0 saturated carbocycles. The summed E-state index contributed by atoms with van der Waals surface area (Å²) < 4.78 is 12.8. The number of thioether (sulfide) groups is 1. The summed E-state index contributed by atoms with van der Waals surface area (Å²) in [5.41, 5.74) is 3.14. The van der Waals surface area contributed by atoms with Crippen molar-refractivity contribution in [1.29, 1.82) is 0 Å². The number of carbonyl (C=O) groups excluding carboxylic acids is 1. The van der Waals surface area contributed by atoms with E-state index < -0.39 is 12.0 Å². The molecule has 7 nitrogen and oxygen atoms in total. The molecule has 3 aromatic rings. The number of carbonyl (C=O) groups is 1. The SMILES string of the molecule is CCSc1nc2n(n1)C(c1cccc(OCc3ccccc3)c1)C(C(=O)OC)=C(C)N2. The minimum absolute atomic E-state index is 0.406. The van der Waals surface area contributed by atoms with Crippen LogP contribution in [0.2, 0.25) is 0 Å². The lowest BCUT2D eigenvalue weighted by Gasteiger charge is -2.28. The molecule has 0 fully saturated rings. The van der Waals surface area contributed by atoms with Crippen LogP contribution >= 0.6 is 11.8 Å². The molecule has 8 heteroatoms. The summed E-state index contributed by atoms with van der Waals surface area (Å²) in [6.07, 6.45) is 0. The number of esters is 1. The van der Waals surface area contributed by atoms with Crippen LogP contribution in [0.5, 0.6) is 5.75 Å². The predicted octanol–water partition coefficient (Wildman–Crippen LogP) is 4.43. The van der Waals surface area contributed by atoms with E-state index >= 15 is 0 Å². The number of fused-ring (bicyclic) bond motifs is 1. The van der Waals surface area contributed by atoms with Gasteiger partial charge >= 0.3 is 5.97 Å². The molecule has 160 valence electrons. The number of ether oxygens (including phenoxy) is 2. The highest BCUT2D eigenvalue weighted by Crippen LogP contribution is 2.37. The largest absolute Gasteiger partial charge is 0.489 e. The van der Waals surface area contributed by atoms with Crippen LogP contribution in [-0.4, -0.2) is 33.6 Å². The number of benzene rings is 2. The summed E-state index contributed by atoms with van der Waals surface area (Å²) in [5, 5.41) is 8.49. The maximum atomic E-state index is 12.7. The molecule has 0 radical (unpaired) electrons. The van der Waals surface area contributed by atoms with Crippen LogP contribution in [0.3, 0.4) is 0 Å². The Labute approximate surface area is 185 Å². The highest BCUT2D eigenvalue weighted by molar-refractivity contribution is 7.99. The van der Waals surface area contributed by atoms with E-state index in [4.69, 9.17) is 9.47 Å². The van der Waals surface area contributed by atoms with Gasteiger partial charge in [-0.25, -0.2) is 9.48 Å². The maximum Gasteiger partial charge on any atom is 0.338 e. The van der Waals surface area contributed by atoms with E-state index in [0.717, 1.165) is 16.9 Å². The van der Waals surface area contributed by atoms with Gasteiger partial charge in [-0.1, -0.05) is 61.2 Å². The standard InChI is InChI=1S/C23H24N4O3S/c1-4-31-23-25-22-24-15(2)19(21(28)29-3)20(27(22)26-23)17-11-8-12-18(13-17)30-14-16-9-6-5-7-10-16/h5-13,20H,4,14H2,1-3H3,(H,24,25,26). The third-order valence-corrected chi connectivity index (χ3v) is 5.65. The van der Waals surface area contributed by atoms with Crippen molar-refractivity contribution in [2.24, 2.45) is 0 Å². The molecule has 0 aliphatic carbocycles. The molecular weight excluding hydrogens is 412 g/mol. The molecule has 1 aliphatic rings. The van der Waals surface area contributed by atoms with Gasteiger partial charge in [0, 0.05) is 5.70 Å². The Morgan fingerprint density at radius 2 is 2.00 bits per heavy atom. The van der Waals surface area contributed by atoms with Gasteiger partial charge in [-0.15, -0.1) is 5.10 Å². The Morgan fingerprint density at radius 3 is 2.74 bits per heavy atom. The first-order chi connectivity index (χ1) is 15.1. The van der Waals surface area contributed by atoms with E-state index in [2.05, 4.69) is 15.4 Å². The average Bonchev–Trinajstić information content (AvgIpc) is 3.19. The lowest BCUT2D eigenvalue weighted by molar-refractivity contribution is -0.136. The molecule has 1 aromatic heterocycles. The average molecular weight is 437 g/mol. The second-order valence-electron chi connectivity index (χ2n) is 7.00. The third kappa shape index (κ3) is 4.44. The van der Waals surface area contributed by atoms with Gasteiger partial charge < -0.3 is 14.8 Å². The van der Waals surface area contributed by atoms with Crippen molar-refractivity contribution in [2.75, 3.05) is 18.2 Å². The zero-order chi connectivity index (χ0) is 21.8. The first-order valence-electron chi connectivity index (χ1n) is 10.0. The van der Waals surface area contributed by atoms with Gasteiger partial charge in [0.05, 0.1) is 12.7 Å². The van der Waals surface area contributed by atoms with Crippen LogP contribution in [0.15, 0.2) is 71.0 Å². The lowest BCUT2D eigenvalue weighted by atomic mass is 9.95. The summed E-state index contributed by atoms with van der Waals surface area (Å²) in [6, 6.07) is 17.2. The molecule has 1 unspecified atom stereocenters. The minimum atomic E-state index is -0.470. The first kappa shape index (κ1) is 21.0. The van der Waals surface area contributed by atoms with E-state index in [1.807, 2.05) is 68.4 Å². The van der Waals surface area contributed by atoms with Crippen molar-refractivity contribution in [3.63, 3.8) is 0 Å². The van der Waals surface area contributed by atoms with Crippen LogP contribution in [-0.2, 0) is 16.1 Å². The fraction of sp³-hybridized carbons (Fsp3) is 0.261. The molecule has 2 aromatic carbocycles. The summed E-state index contributed by atoms with van der Waals surface area (Å²) >= 11 is 1.55. The highest BCUT2D eigenvalue weighted by atomic mass is 32.2. The quantitative estimate of drug-likeness (QED) is 0.434. The van der Waals surface area contributed by atoms with Gasteiger partial charge in [0.2, 0.25) is 11.1 Å². The minimum Gasteiger partial charge on any atom is -0.489 e. The molecule has 1 atom stereocenters. The van der Waals surface area contributed by atoms with Crippen LogP contribution in [0.4, 0.5) is 5.95 Å². The summed E-state index contributed by atoms with van der Waals surface area (Å²) in [6.45, 7) is 4.35. The van der Waals surface area contributed by atoms with Crippen LogP contribution in [0.1, 0.15) is 31.0 Å². The van der Waals surface area contributed by atoms with E-state index in [1.165, 1.54) is 7.11 Å². The number of rotatable bonds is 7. The van der Waals surface area contributed by atoms with Crippen molar-refractivity contribution in [2.45, 2.75) is 31.7 Å². The van der Waals surface area contributed by atoms with E-state index in [-0.39, 0.29) is 0 Å². The van der Waals surface area contributed by atoms with Crippen molar-refractivity contribution in [1.82, 2.24) is 14.8 Å². The van der Waals surface area contributed by atoms with E-state index in [0.29, 0.717) is 34.7 Å². The molecule has 2 heterocycles. The normalized spacial score (nSPS) is 15.3. The van der Waals surface area contributed by atoms with Gasteiger partial charge in [-0.2, -0.15) is 4.98 Å². The van der Waals surface area contributed by atoms with Crippen molar-refractivity contribution in [3.8, 4) is 5.75 Å². The van der Waals surface area contributed by atoms with Crippen molar-refractivity contribution >= 4 is 23.7 Å². The van der Waals surface area contributed by atoms with Gasteiger partial charge in [0.1, 0.15) is 18.4 Å². The number of nitrogens with zero attached hydrogens (tertiary/aromatic N) is 3. The molecule has 4 rings (SSSR count). The lowest BCUT2D eigenvalue weighted by Crippen LogP contribution is -2.29. The van der Waals surface area contributed by atoms with Crippen LogP contribution in [0.25, 0.3) is 0 Å². The molecule has 31 heavy (non-hydrogen) atoms. The number of anilines is 1. The van der Waals surface area contributed by atoms with E-state index in [1.54, 1.807) is 16.4 Å². The Hall–Kier alpha value is -3.26. The van der Waals surface area contributed by atoms with Crippen molar-refractivity contribution < 1.29 is 14.3 Å². The van der Waals surface area contributed by atoms with Crippen molar-refractivity contribution in [3.05, 3.63) is 77.0 Å². The molecule has 0 bridgehead atoms. The summed E-state index contributed by atoms with van der Waals surface area (Å²) in [5.74, 6) is 1.76. The second-order valence-corrected chi connectivity index (χ2v) is 8.23.